The summed E-state index contributed by atoms with van der Waals surface area (Å²) in [4.78, 5) is 17.8. The van der Waals surface area contributed by atoms with Crippen LogP contribution in [0.5, 0.6) is 0 Å². The van der Waals surface area contributed by atoms with Gasteiger partial charge in [-0.05, 0) is 6.92 Å². The third-order valence-electron chi connectivity index (χ3n) is 4.39. The zero-order chi connectivity index (χ0) is 15.4. The van der Waals surface area contributed by atoms with E-state index >= 15 is 0 Å². The Balaban J connectivity index is 1.55. The fraction of sp³-hybridized carbons (Fsp3) is 0.562. The molecule has 0 amide bonds. The Morgan fingerprint density at radius 3 is 2.59 bits per heavy atom. The summed E-state index contributed by atoms with van der Waals surface area (Å²) < 4.78 is 2.28. The second-order valence-electron chi connectivity index (χ2n) is 5.79. The summed E-state index contributed by atoms with van der Waals surface area (Å²) >= 11 is 0. The Hall–Kier alpha value is -1.95. The molecule has 0 aliphatic carbocycles. The third-order valence-corrected chi connectivity index (χ3v) is 4.39. The molecule has 0 bridgehead atoms. The first-order chi connectivity index (χ1) is 10.8. The Morgan fingerprint density at radius 1 is 1.09 bits per heavy atom. The number of hydrogen-bond acceptors (Lipinski definition) is 5. The normalized spacial score (nSPS) is 17.6. The first-order valence-electron chi connectivity index (χ1n) is 8.03. The quantitative estimate of drug-likeness (QED) is 0.836. The molecule has 2 aromatic rings. The lowest BCUT2D eigenvalue weighted by Gasteiger charge is -2.38. The van der Waals surface area contributed by atoms with Gasteiger partial charge in [0.2, 0.25) is 0 Å². The van der Waals surface area contributed by atoms with Crippen LogP contribution in [0.25, 0.3) is 0 Å². The number of rotatable bonds is 5. The minimum atomic E-state index is 0.517. The largest absolute Gasteiger partial charge is 0.353 e. The maximum absolute atomic E-state index is 4.41. The summed E-state index contributed by atoms with van der Waals surface area (Å²) in [7, 11) is 0. The molecule has 6 nitrogen and oxygen atoms in total. The van der Waals surface area contributed by atoms with Crippen molar-refractivity contribution in [3.05, 3.63) is 36.8 Å². The Morgan fingerprint density at radius 2 is 1.91 bits per heavy atom. The summed E-state index contributed by atoms with van der Waals surface area (Å²) in [5, 5.41) is 0. The lowest BCUT2D eigenvalue weighted by atomic mass is 10.2. The van der Waals surface area contributed by atoms with Crippen LogP contribution in [0, 0.1) is 0 Å². The Bertz CT molecular complexity index is 573. The zero-order valence-corrected chi connectivity index (χ0v) is 13.4. The maximum Gasteiger partial charge on any atom is 0.147 e. The molecule has 3 rings (SSSR count). The molecule has 22 heavy (non-hydrogen) atoms. The fourth-order valence-corrected chi connectivity index (χ4v) is 3.07. The first-order valence-corrected chi connectivity index (χ1v) is 8.03. The predicted octanol–water partition coefficient (Wildman–Crippen LogP) is 1.45. The smallest absolute Gasteiger partial charge is 0.147 e. The molecule has 6 heteroatoms. The van der Waals surface area contributed by atoms with Gasteiger partial charge in [0.1, 0.15) is 11.6 Å². The van der Waals surface area contributed by atoms with Gasteiger partial charge in [-0.3, -0.25) is 9.88 Å². The third kappa shape index (κ3) is 3.27. The number of aromatic nitrogens is 4. The highest BCUT2D eigenvalue weighted by molar-refractivity contribution is 5.35. The average molecular weight is 300 g/mol. The molecule has 1 aliphatic heterocycles. The standard InChI is InChI=1S/C16H24N6/c1-3-15-19-6-7-22(15)13-14(2)20-8-10-21(11-9-20)16-12-17-4-5-18-16/h4-7,12,14H,3,8-11,13H2,1-2H3. The average Bonchev–Trinajstić information content (AvgIpc) is 3.03. The van der Waals surface area contributed by atoms with Gasteiger partial charge in [-0.15, -0.1) is 0 Å². The van der Waals surface area contributed by atoms with Crippen molar-refractivity contribution in [3.8, 4) is 0 Å². The van der Waals surface area contributed by atoms with Gasteiger partial charge in [0.15, 0.2) is 0 Å². The molecule has 0 spiro atoms. The molecule has 0 aromatic carbocycles. The van der Waals surface area contributed by atoms with Crippen LogP contribution in [-0.4, -0.2) is 56.6 Å². The van der Waals surface area contributed by atoms with Crippen LogP contribution >= 0.6 is 0 Å². The van der Waals surface area contributed by atoms with Crippen molar-refractivity contribution in [2.75, 3.05) is 31.1 Å². The number of aryl methyl sites for hydroxylation is 1. The highest BCUT2D eigenvalue weighted by atomic mass is 15.3. The van der Waals surface area contributed by atoms with E-state index in [4.69, 9.17) is 0 Å². The molecule has 1 unspecified atom stereocenters. The fourth-order valence-electron chi connectivity index (χ4n) is 3.07. The zero-order valence-electron chi connectivity index (χ0n) is 13.4. The molecule has 1 atom stereocenters. The Labute approximate surface area is 131 Å². The number of nitrogens with zero attached hydrogens (tertiary/aromatic N) is 6. The van der Waals surface area contributed by atoms with Crippen molar-refractivity contribution >= 4 is 5.82 Å². The van der Waals surface area contributed by atoms with Gasteiger partial charge >= 0.3 is 0 Å². The number of imidazole rings is 1. The van der Waals surface area contributed by atoms with Gasteiger partial charge in [0, 0.05) is 70.0 Å². The van der Waals surface area contributed by atoms with Gasteiger partial charge in [0.05, 0.1) is 6.20 Å². The van der Waals surface area contributed by atoms with Crippen molar-refractivity contribution in [1.29, 1.82) is 0 Å². The van der Waals surface area contributed by atoms with Gasteiger partial charge in [-0.1, -0.05) is 6.92 Å². The molecule has 1 fully saturated rings. The van der Waals surface area contributed by atoms with Crippen LogP contribution in [0.2, 0.25) is 0 Å². The molecular formula is C16H24N6. The summed E-state index contributed by atoms with van der Waals surface area (Å²) in [6, 6.07) is 0.517. The topological polar surface area (TPSA) is 50.1 Å². The highest BCUT2D eigenvalue weighted by Gasteiger charge is 2.22. The van der Waals surface area contributed by atoms with E-state index in [0.29, 0.717) is 6.04 Å². The number of hydrogen-bond donors (Lipinski definition) is 0. The lowest BCUT2D eigenvalue weighted by molar-refractivity contribution is 0.179. The second-order valence-corrected chi connectivity index (χ2v) is 5.79. The summed E-state index contributed by atoms with van der Waals surface area (Å²) in [5.41, 5.74) is 0. The van der Waals surface area contributed by atoms with E-state index in [1.54, 1.807) is 12.4 Å². The number of piperazine rings is 1. The monoisotopic (exact) mass is 300 g/mol. The molecule has 0 N–H and O–H groups in total. The summed E-state index contributed by atoms with van der Waals surface area (Å²) in [6.45, 7) is 9.61. The van der Waals surface area contributed by atoms with Crippen molar-refractivity contribution in [2.45, 2.75) is 32.9 Å². The SMILES string of the molecule is CCc1nccn1CC(C)N1CCN(c2cnccn2)CC1. The van der Waals surface area contributed by atoms with Gasteiger partial charge < -0.3 is 9.47 Å². The first kappa shape index (κ1) is 15.0. The summed E-state index contributed by atoms with van der Waals surface area (Å²) in [5.74, 6) is 2.16. The van der Waals surface area contributed by atoms with Crippen LogP contribution in [0.1, 0.15) is 19.7 Å². The van der Waals surface area contributed by atoms with E-state index in [2.05, 4.69) is 49.4 Å². The van der Waals surface area contributed by atoms with Crippen LogP contribution < -0.4 is 4.90 Å². The minimum absolute atomic E-state index is 0.517. The Kier molecular flexibility index (Phi) is 4.68. The van der Waals surface area contributed by atoms with Gasteiger partial charge in [-0.25, -0.2) is 9.97 Å². The van der Waals surface area contributed by atoms with Gasteiger partial charge in [-0.2, -0.15) is 0 Å². The van der Waals surface area contributed by atoms with Crippen molar-refractivity contribution in [3.63, 3.8) is 0 Å². The van der Waals surface area contributed by atoms with E-state index < -0.39 is 0 Å². The highest BCUT2D eigenvalue weighted by Crippen LogP contribution is 2.14. The second kappa shape index (κ2) is 6.87. The maximum atomic E-state index is 4.41. The lowest BCUT2D eigenvalue weighted by Crippen LogP contribution is -2.50. The van der Waals surface area contributed by atoms with Crippen LogP contribution in [-0.2, 0) is 13.0 Å². The van der Waals surface area contributed by atoms with Crippen molar-refractivity contribution < 1.29 is 0 Å². The van der Waals surface area contributed by atoms with Crippen molar-refractivity contribution in [2.24, 2.45) is 0 Å². The van der Waals surface area contributed by atoms with E-state index in [-0.39, 0.29) is 0 Å². The van der Waals surface area contributed by atoms with E-state index in [1.807, 2.05) is 12.4 Å². The predicted molar refractivity (Wildman–Crippen MR) is 86.9 cm³/mol. The molecule has 1 aliphatic rings. The summed E-state index contributed by atoms with van der Waals surface area (Å²) in [6.07, 6.45) is 10.3. The molecule has 3 heterocycles. The number of anilines is 1. The van der Waals surface area contributed by atoms with Crippen LogP contribution in [0.3, 0.4) is 0 Å². The molecule has 118 valence electrons. The van der Waals surface area contributed by atoms with Crippen LogP contribution in [0.15, 0.2) is 31.0 Å². The van der Waals surface area contributed by atoms with Crippen molar-refractivity contribution in [1.82, 2.24) is 24.4 Å². The molecule has 0 radical (unpaired) electrons. The molecule has 0 saturated carbocycles. The van der Waals surface area contributed by atoms with E-state index in [1.165, 1.54) is 5.82 Å². The minimum Gasteiger partial charge on any atom is -0.353 e. The molecule has 2 aromatic heterocycles. The van der Waals surface area contributed by atoms with Crippen LogP contribution in [0.4, 0.5) is 5.82 Å². The van der Waals surface area contributed by atoms with E-state index in [9.17, 15) is 0 Å². The van der Waals surface area contributed by atoms with E-state index in [0.717, 1.165) is 45.0 Å². The molecular weight excluding hydrogens is 276 g/mol. The molecule has 1 saturated heterocycles. The van der Waals surface area contributed by atoms with Gasteiger partial charge in [0.25, 0.3) is 0 Å².